The molecule has 2 aliphatic rings. The first-order valence-corrected chi connectivity index (χ1v) is 7.26. The van der Waals surface area contributed by atoms with Gasteiger partial charge in [-0.05, 0) is 44.2 Å². The highest BCUT2D eigenvalue weighted by Crippen LogP contribution is 2.36. The number of likely N-dealkylation sites (N-methyl/N-ethyl adjacent to an activating group) is 1. The fourth-order valence-corrected chi connectivity index (χ4v) is 3.46. The van der Waals surface area contributed by atoms with E-state index in [1.807, 2.05) is 0 Å². The van der Waals surface area contributed by atoms with Crippen LogP contribution < -0.4 is 4.74 Å². The van der Waals surface area contributed by atoms with Gasteiger partial charge in [-0.3, -0.25) is 4.90 Å². The van der Waals surface area contributed by atoms with Crippen LogP contribution in [0.4, 0.5) is 0 Å². The second kappa shape index (κ2) is 5.44. The lowest BCUT2D eigenvalue weighted by Crippen LogP contribution is -2.39. The van der Waals surface area contributed by atoms with E-state index in [-0.39, 0.29) is 12.1 Å². The molecule has 0 unspecified atom stereocenters. The van der Waals surface area contributed by atoms with Crippen molar-refractivity contribution in [2.45, 2.75) is 43.9 Å². The number of ether oxygens (including phenoxy) is 2. The number of hydrogen-bond donors (Lipinski definition) is 0. The van der Waals surface area contributed by atoms with E-state index in [1.165, 1.54) is 12.8 Å². The van der Waals surface area contributed by atoms with Crippen LogP contribution in [0.25, 0.3) is 0 Å². The van der Waals surface area contributed by atoms with Crippen LogP contribution in [0.2, 0.25) is 0 Å². The Morgan fingerprint density at radius 2 is 2.00 bits per heavy atom. The van der Waals surface area contributed by atoms with Gasteiger partial charge in [0.05, 0.1) is 12.7 Å². The number of fused-ring (bicyclic) bond motifs is 2. The summed E-state index contributed by atoms with van der Waals surface area (Å²) in [5.74, 6) is 0.525. The molecule has 0 amide bonds. The molecule has 0 N–H and O–H groups in total. The van der Waals surface area contributed by atoms with Gasteiger partial charge in [-0.1, -0.05) is 6.42 Å². The standard InChI is InChI=1S/C16H21NO3/c1-17-12-4-3-5-14(17)15(10-12)20-16(18)11-6-8-13(19-2)9-7-11/h6-9,12,14-15H,3-5,10H2,1-2H3/t12-,14+,15-/m0/s1. The minimum atomic E-state index is -0.224. The van der Waals surface area contributed by atoms with E-state index in [1.54, 1.807) is 31.4 Å². The second-order valence-electron chi connectivity index (χ2n) is 5.73. The largest absolute Gasteiger partial charge is 0.497 e. The summed E-state index contributed by atoms with van der Waals surface area (Å²) < 4.78 is 10.8. The van der Waals surface area contributed by atoms with Crippen LogP contribution in [-0.4, -0.2) is 43.2 Å². The lowest BCUT2D eigenvalue weighted by molar-refractivity contribution is 0.0197. The fourth-order valence-electron chi connectivity index (χ4n) is 3.46. The van der Waals surface area contributed by atoms with Gasteiger partial charge in [0.25, 0.3) is 0 Å². The Kier molecular flexibility index (Phi) is 3.66. The molecule has 4 heteroatoms. The van der Waals surface area contributed by atoms with Crippen LogP contribution in [0, 0.1) is 0 Å². The highest BCUT2D eigenvalue weighted by Gasteiger charge is 2.43. The molecule has 0 saturated carbocycles. The van der Waals surface area contributed by atoms with Crippen molar-refractivity contribution < 1.29 is 14.3 Å². The Balaban J connectivity index is 1.66. The van der Waals surface area contributed by atoms with Crippen molar-refractivity contribution in [3.63, 3.8) is 0 Å². The highest BCUT2D eigenvalue weighted by atomic mass is 16.5. The van der Waals surface area contributed by atoms with E-state index in [2.05, 4.69) is 11.9 Å². The maximum atomic E-state index is 12.2. The van der Waals surface area contributed by atoms with Gasteiger partial charge in [0.1, 0.15) is 11.9 Å². The maximum Gasteiger partial charge on any atom is 0.338 e. The van der Waals surface area contributed by atoms with Gasteiger partial charge in [0.15, 0.2) is 0 Å². The average molecular weight is 275 g/mol. The van der Waals surface area contributed by atoms with E-state index in [4.69, 9.17) is 9.47 Å². The number of nitrogens with zero attached hydrogens (tertiary/aromatic N) is 1. The summed E-state index contributed by atoms with van der Waals surface area (Å²) in [6.07, 6.45) is 4.62. The molecule has 0 spiro atoms. The number of esters is 1. The lowest BCUT2D eigenvalue weighted by atomic mass is 10.0. The summed E-state index contributed by atoms with van der Waals surface area (Å²) in [6, 6.07) is 8.07. The van der Waals surface area contributed by atoms with Crippen molar-refractivity contribution in [2.24, 2.45) is 0 Å². The number of carbonyl (C=O) groups excluding carboxylic acids is 1. The Hall–Kier alpha value is -1.55. The van der Waals surface area contributed by atoms with Crippen molar-refractivity contribution in [1.29, 1.82) is 0 Å². The van der Waals surface area contributed by atoms with Crippen LogP contribution in [0.15, 0.2) is 24.3 Å². The van der Waals surface area contributed by atoms with E-state index < -0.39 is 0 Å². The summed E-state index contributed by atoms with van der Waals surface area (Å²) >= 11 is 0. The van der Waals surface area contributed by atoms with Crippen LogP contribution in [0.3, 0.4) is 0 Å². The summed E-state index contributed by atoms with van der Waals surface area (Å²) in [5.41, 5.74) is 0.593. The SMILES string of the molecule is COc1ccc(C(=O)O[C@H]2C[C@@H]3CCC[C@H]2N3C)cc1. The predicted molar refractivity (Wildman–Crippen MR) is 76.0 cm³/mol. The predicted octanol–water partition coefficient (Wildman–Crippen LogP) is 2.48. The van der Waals surface area contributed by atoms with Crippen LogP contribution in [-0.2, 0) is 4.74 Å². The quantitative estimate of drug-likeness (QED) is 0.794. The summed E-state index contributed by atoms with van der Waals surface area (Å²) in [6.45, 7) is 0. The molecule has 3 rings (SSSR count). The van der Waals surface area contributed by atoms with Crippen molar-refractivity contribution in [3.05, 3.63) is 29.8 Å². The molecule has 3 atom stereocenters. The first-order chi connectivity index (χ1) is 9.69. The van der Waals surface area contributed by atoms with Crippen LogP contribution in [0.1, 0.15) is 36.0 Å². The lowest BCUT2D eigenvalue weighted by Gasteiger charge is -2.31. The Bertz CT molecular complexity index is 485. The van der Waals surface area contributed by atoms with Gasteiger partial charge in [-0.15, -0.1) is 0 Å². The zero-order valence-electron chi connectivity index (χ0n) is 12.0. The molecule has 2 aliphatic heterocycles. The Labute approximate surface area is 119 Å². The molecule has 2 saturated heterocycles. The van der Waals surface area contributed by atoms with E-state index in [0.29, 0.717) is 17.6 Å². The zero-order valence-corrected chi connectivity index (χ0v) is 12.0. The van der Waals surface area contributed by atoms with Crippen LogP contribution >= 0.6 is 0 Å². The number of methoxy groups -OCH3 is 1. The molecule has 2 bridgehead atoms. The fraction of sp³-hybridized carbons (Fsp3) is 0.562. The summed E-state index contributed by atoms with van der Waals surface area (Å²) in [5, 5.41) is 0. The third kappa shape index (κ3) is 2.40. The summed E-state index contributed by atoms with van der Waals surface area (Å²) in [4.78, 5) is 14.6. The number of hydrogen-bond acceptors (Lipinski definition) is 4. The van der Waals surface area contributed by atoms with Gasteiger partial charge in [0.2, 0.25) is 0 Å². The normalized spacial score (nSPS) is 29.2. The van der Waals surface area contributed by atoms with Crippen molar-refractivity contribution >= 4 is 5.97 Å². The topological polar surface area (TPSA) is 38.8 Å². The minimum absolute atomic E-state index is 0.0436. The maximum absolute atomic E-state index is 12.2. The molecule has 2 heterocycles. The van der Waals surface area contributed by atoms with Crippen LogP contribution in [0.5, 0.6) is 5.75 Å². The van der Waals surface area contributed by atoms with Crippen molar-refractivity contribution in [2.75, 3.05) is 14.2 Å². The van der Waals surface area contributed by atoms with Gasteiger partial charge in [-0.2, -0.15) is 0 Å². The van der Waals surface area contributed by atoms with E-state index >= 15 is 0 Å². The molecule has 1 aromatic rings. The second-order valence-corrected chi connectivity index (χ2v) is 5.73. The van der Waals surface area contributed by atoms with Gasteiger partial charge in [0, 0.05) is 18.5 Å². The smallest absolute Gasteiger partial charge is 0.338 e. The third-order valence-corrected chi connectivity index (χ3v) is 4.65. The molecule has 20 heavy (non-hydrogen) atoms. The van der Waals surface area contributed by atoms with E-state index in [0.717, 1.165) is 18.6 Å². The van der Waals surface area contributed by atoms with Gasteiger partial charge in [-0.25, -0.2) is 4.79 Å². The molecule has 108 valence electrons. The Morgan fingerprint density at radius 1 is 1.25 bits per heavy atom. The molecular weight excluding hydrogens is 254 g/mol. The number of carbonyl (C=O) groups is 1. The van der Waals surface area contributed by atoms with Crippen molar-refractivity contribution in [1.82, 2.24) is 4.90 Å². The number of rotatable bonds is 3. The third-order valence-electron chi connectivity index (χ3n) is 4.65. The van der Waals surface area contributed by atoms with E-state index in [9.17, 15) is 4.79 Å². The van der Waals surface area contributed by atoms with Gasteiger partial charge < -0.3 is 9.47 Å². The summed E-state index contributed by atoms with van der Waals surface area (Å²) in [7, 11) is 3.76. The first kappa shape index (κ1) is 13.4. The Morgan fingerprint density at radius 3 is 2.65 bits per heavy atom. The highest BCUT2D eigenvalue weighted by molar-refractivity contribution is 5.89. The monoisotopic (exact) mass is 275 g/mol. The number of piperidine rings is 1. The molecule has 0 radical (unpaired) electrons. The minimum Gasteiger partial charge on any atom is -0.497 e. The average Bonchev–Trinajstić information content (AvgIpc) is 2.66. The number of benzene rings is 1. The molecular formula is C16H21NO3. The molecule has 2 fully saturated rings. The van der Waals surface area contributed by atoms with Crippen molar-refractivity contribution in [3.8, 4) is 5.75 Å². The molecule has 0 aromatic heterocycles. The first-order valence-electron chi connectivity index (χ1n) is 7.26. The van der Waals surface area contributed by atoms with Gasteiger partial charge >= 0.3 is 5.97 Å². The molecule has 4 nitrogen and oxygen atoms in total. The molecule has 0 aliphatic carbocycles. The zero-order chi connectivity index (χ0) is 14.1. The molecule has 1 aromatic carbocycles.